The largest absolute Gasteiger partial charge is 0.309 e. The van der Waals surface area contributed by atoms with Crippen LogP contribution in [0.5, 0.6) is 0 Å². The van der Waals surface area contributed by atoms with Crippen LogP contribution in [0.25, 0.3) is 10.7 Å². The van der Waals surface area contributed by atoms with Crippen molar-refractivity contribution in [2.75, 3.05) is 6.54 Å². The Labute approximate surface area is 124 Å². The van der Waals surface area contributed by atoms with Gasteiger partial charge in [0.1, 0.15) is 5.01 Å². The molecule has 2 aromatic heterocycles. The minimum atomic E-state index is 0.317. The summed E-state index contributed by atoms with van der Waals surface area (Å²) < 4.78 is 1.90. The monoisotopic (exact) mass is 290 g/mol. The molecule has 0 saturated carbocycles. The van der Waals surface area contributed by atoms with Crippen molar-refractivity contribution < 1.29 is 0 Å². The molecule has 0 aromatic carbocycles. The molecule has 1 aliphatic rings. The third-order valence-electron chi connectivity index (χ3n) is 3.94. The summed E-state index contributed by atoms with van der Waals surface area (Å²) in [7, 11) is 1.97. The van der Waals surface area contributed by atoms with Gasteiger partial charge in [0, 0.05) is 24.2 Å². The zero-order valence-electron chi connectivity index (χ0n) is 12.6. The van der Waals surface area contributed by atoms with Gasteiger partial charge in [0.2, 0.25) is 0 Å². The maximum Gasteiger partial charge on any atom is 0.142 e. The number of rotatable bonds is 3. The van der Waals surface area contributed by atoms with Gasteiger partial charge in [-0.2, -0.15) is 5.10 Å². The second-order valence-electron chi connectivity index (χ2n) is 6.33. The highest BCUT2D eigenvalue weighted by Gasteiger charge is 2.34. The molecule has 0 amide bonds. The average molecular weight is 290 g/mol. The molecule has 5 heteroatoms. The van der Waals surface area contributed by atoms with Gasteiger partial charge in [-0.25, -0.2) is 4.98 Å². The fourth-order valence-corrected chi connectivity index (χ4v) is 4.25. The minimum Gasteiger partial charge on any atom is -0.309 e. The number of aryl methyl sites for hydroxylation is 1. The molecule has 0 saturated heterocycles. The van der Waals surface area contributed by atoms with E-state index in [2.05, 4.69) is 31.2 Å². The van der Waals surface area contributed by atoms with Gasteiger partial charge in [0.25, 0.3) is 0 Å². The van der Waals surface area contributed by atoms with Crippen LogP contribution >= 0.6 is 11.3 Å². The smallest absolute Gasteiger partial charge is 0.142 e. The number of nitrogens with one attached hydrogen (secondary N) is 1. The van der Waals surface area contributed by atoms with Crippen molar-refractivity contribution >= 4 is 11.3 Å². The summed E-state index contributed by atoms with van der Waals surface area (Å²) in [6.07, 6.45) is 4.08. The van der Waals surface area contributed by atoms with Crippen molar-refractivity contribution in [2.45, 2.75) is 39.7 Å². The van der Waals surface area contributed by atoms with E-state index >= 15 is 0 Å². The zero-order chi connectivity index (χ0) is 14.3. The Bertz CT molecular complexity index is 611. The summed E-state index contributed by atoms with van der Waals surface area (Å²) in [4.78, 5) is 6.32. The number of aromatic nitrogens is 3. The molecule has 0 spiro atoms. The van der Waals surface area contributed by atoms with Crippen LogP contribution in [-0.2, 0) is 13.5 Å². The van der Waals surface area contributed by atoms with Crippen LogP contribution in [0.2, 0.25) is 0 Å². The molecular formula is C15H22N4S. The second-order valence-corrected chi connectivity index (χ2v) is 7.36. The first-order valence-corrected chi connectivity index (χ1v) is 8.03. The quantitative estimate of drug-likeness (QED) is 0.944. The van der Waals surface area contributed by atoms with Crippen LogP contribution in [0.15, 0.2) is 12.3 Å². The number of thiazole rings is 1. The maximum absolute atomic E-state index is 4.90. The Morgan fingerprint density at radius 3 is 2.95 bits per heavy atom. The third-order valence-corrected chi connectivity index (χ3v) is 5.17. The lowest BCUT2D eigenvalue weighted by molar-refractivity contribution is 0.260. The lowest BCUT2D eigenvalue weighted by Crippen LogP contribution is -2.32. The van der Waals surface area contributed by atoms with Gasteiger partial charge >= 0.3 is 0 Å². The van der Waals surface area contributed by atoms with Crippen LogP contribution in [0.4, 0.5) is 0 Å². The van der Waals surface area contributed by atoms with E-state index in [-0.39, 0.29) is 0 Å². The third kappa shape index (κ3) is 2.40. The summed E-state index contributed by atoms with van der Waals surface area (Å²) in [5.41, 5.74) is 2.70. The first kappa shape index (κ1) is 13.8. The standard InChI is InChI=1S/C15H22N4S/c1-5-16-10-8-15(2,3)9-11-13(10)20-14(18-11)12-6-7-17-19(12)4/h6-7,10,16H,5,8-9H2,1-4H3. The van der Waals surface area contributed by atoms with Crippen LogP contribution < -0.4 is 5.32 Å². The van der Waals surface area contributed by atoms with Crippen molar-refractivity contribution in [3.63, 3.8) is 0 Å². The summed E-state index contributed by atoms with van der Waals surface area (Å²) in [6.45, 7) is 7.84. The molecule has 1 unspecified atom stereocenters. The van der Waals surface area contributed by atoms with E-state index in [4.69, 9.17) is 4.98 Å². The van der Waals surface area contributed by atoms with Gasteiger partial charge in [0.05, 0.1) is 11.4 Å². The summed E-state index contributed by atoms with van der Waals surface area (Å²) in [5, 5.41) is 8.96. The van der Waals surface area contributed by atoms with E-state index in [1.54, 1.807) is 0 Å². The molecule has 0 fully saturated rings. The SMILES string of the molecule is CCNC1CC(C)(C)Cc2nc(-c3ccnn3C)sc21. The first-order chi connectivity index (χ1) is 9.50. The van der Waals surface area contributed by atoms with Gasteiger partial charge in [-0.1, -0.05) is 20.8 Å². The van der Waals surface area contributed by atoms with Crippen molar-refractivity contribution in [1.29, 1.82) is 0 Å². The maximum atomic E-state index is 4.90. The van der Waals surface area contributed by atoms with Crippen LogP contribution in [0.1, 0.15) is 43.8 Å². The molecule has 1 atom stereocenters. The second kappa shape index (κ2) is 4.97. The molecule has 1 aliphatic carbocycles. The lowest BCUT2D eigenvalue weighted by Gasteiger charge is -2.34. The highest BCUT2D eigenvalue weighted by molar-refractivity contribution is 7.15. The summed E-state index contributed by atoms with van der Waals surface area (Å²) in [6, 6.07) is 2.48. The molecule has 1 N–H and O–H groups in total. The lowest BCUT2D eigenvalue weighted by atomic mass is 9.76. The molecule has 3 rings (SSSR count). The van der Waals surface area contributed by atoms with Crippen molar-refractivity contribution in [1.82, 2.24) is 20.1 Å². The van der Waals surface area contributed by atoms with Gasteiger partial charge in [-0.3, -0.25) is 4.68 Å². The predicted octanol–water partition coefficient (Wildman–Crippen LogP) is 3.17. The van der Waals surface area contributed by atoms with Crippen LogP contribution in [0, 0.1) is 5.41 Å². The highest BCUT2D eigenvalue weighted by atomic mass is 32.1. The van der Waals surface area contributed by atoms with Crippen molar-refractivity contribution in [2.24, 2.45) is 12.5 Å². The van der Waals surface area contributed by atoms with Crippen LogP contribution in [0.3, 0.4) is 0 Å². The van der Waals surface area contributed by atoms with E-state index in [1.165, 1.54) is 17.0 Å². The Hall–Kier alpha value is -1.20. The molecule has 108 valence electrons. The molecule has 2 aromatic rings. The van der Waals surface area contributed by atoms with Crippen LogP contribution in [-0.4, -0.2) is 21.3 Å². The normalized spacial score (nSPS) is 20.9. The Kier molecular flexibility index (Phi) is 3.42. The van der Waals surface area contributed by atoms with Gasteiger partial charge < -0.3 is 5.32 Å². The van der Waals surface area contributed by atoms with E-state index in [0.29, 0.717) is 11.5 Å². The highest BCUT2D eigenvalue weighted by Crippen LogP contribution is 2.44. The van der Waals surface area contributed by atoms with E-state index in [9.17, 15) is 0 Å². The van der Waals surface area contributed by atoms with Gasteiger partial charge in [-0.15, -0.1) is 11.3 Å². The van der Waals surface area contributed by atoms with E-state index in [0.717, 1.165) is 23.7 Å². The number of fused-ring (bicyclic) bond motifs is 1. The molecule has 0 radical (unpaired) electrons. The predicted molar refractivity (Wildman–Crippen MR) is 82.8 cm³/mol. The molecule has 2 heterocycles. The molecule has 0 aliphatic heterocycles. The molecule has 4 nitrogen and oxygen atoms in total. The van der Waals surface area contributed by atoms with Crippen molar-refractivity contribution in [3.05, 3.63) is 22.8 Å². The average Bonchev–Trinajstić information content (AvgIpc) is 2.93. The molecule has 0 bridgehead atoms. The summed E-state index contributed by atoms with van der Waals surface area (Å²) in [5.74, 6) is 0. The number of hydrogen-bond acceptors (Lipinski definition) is 4. The summed E-state index contributed by atoms with van der Waals surface area (Å²) >= 11 is 1.82. The fourth-order valence-electron chi connectivity index (χ4n) is 3.04. The van der Waals surface area contributed by atoms with Gasteiger partial charge in [-0.05, 0) is 30.9 Å². The Balaban J connectivity index is 2.02. The fraction of sp³-hybridized carbons (Fsp3) is 0.600. The molecule has 20 heavy (non-hydrogen) atoms. The van der Waals surface area contributed by atoms with E-state index in [1.807, 2.05) is 35.3 Å². The minimum absolute atomic E-state index is 0.317. The van der Waals surface area contributed by atoms with E-state index < -0.39 is 0 Å². The number of nitrogens with zero attached hydrogens (tertiary/aromatic N) is 3. The van der Waals surface area contributed by atoms with Crippen molar-refractivity contribution in [3.8, 4) is 10.7 Å². The topological polar surface area (TPSA) is 42.7 Å². The number of hydrogen-bond donors (Lipinski definition) is 1. The zero-order valence-corrected chi connectivity index (χ0v) is 13.4. The Morgan fingerprint density at radius 2 is 2.30 bits per heavy atom. The van der Waals surface area contributed by atoms with Gasteiger partial charge in [0.15, 0.2) is 0 Å². The Morgan fingerprint density at radius 1 is 1.50 bits per heavy atom. The first-order valence-electron chi connectivity index (χ1n) is 7.21. The molecular weight excluding hydrogens is 268 g/mol.